The Morgan fingerprint density at radius 2 is 1.79 bits per heavy atom. The van der Waals surface area contributed by atoms with Crippen LogP contribution in [0.1, 0.15) is 32.3 Å². The van der Waals surface area contributed by atoms with Crippen molar-refractivity contribution in [3.05, 3.63) is 42.1 Å². The van der Waals surface area contributed by atoms with E-state index in [-0.39, 0.29) is 0 Å². The number of methoxy groups -OCH3 is 1. The minimum Gasteiger partial charge on any atom is -0.481 e. The van der Waals surface area contributed by atoms with Gasteiger partial charge in [0, 0.05) is 72.3 Å². The molecule has 0 unspecified atom stereocenters. The third-order valence-electron chi connectivity index (χ3n) is 7.68. The van der Waals surface area contributed by atoms with Gasteiger partial charge in [-0.05, 0) is 68.7 Å². The maximum absolute atomic E-state index is 5.35. The molecule has 1 aromatic carbocycles. The first-order chi connectivity index (χ1) is 16.2. The summed E-state index contributed by atoms with van der Waals surface area (Å²) >= 11 is 0. The maximum Gasteiger partial charge on any atom is 0.213 e. The van der Waals surface area contributed by atoms with E-state index in [9.17, 15) is 0 Å². The molecule has 2 aliphatic heterocycles. The molecule has 176 valence electrons. The zero-order chi connectivity index (χ0) is 22.8. The van der Waals surface area contributed by atoms with Gasteiger partial charge in [0.2, 0.25) is 5.88 Å². The van der Waals surface area contributed by atoms with Crippen LogP contribution in [0.2, 0.25) is 0 Å². The van der Waals surface area contributed by atoms with Crippen LogP contribution in [0.25, 0.3) is 22.2 Å². The fraction of sp³-hybridized carbons (Fsp3) is 0.519. The van der Waals surface area contributed by atoms with Crippen molar-refractivity contribution in [1.82, 2.24) is 19.8 Å². The van der Waals surface area contributed by atoms with Gasteiger partial charge in [-0.25, -0.2) is 4.98 Å². The van der Waals surface area contributed by atoms with Gasteiger partial charge in [0.25, 0.3) is 0 Å². The second-order valence-electron chi connectivity index (χ2n) is 9.34. The number of ether oxygens (including phenoxy) is 1. The molecule has 0 bridgehead atoms. The number of nitrogens with zero attached hydrogens (tertiary/aromatic N) is 4. The number of fused-ring (bicyclic) bond motifs is 1. The standard InChI is InChI=1S/C27H37N5O/c1-4-23-24-19-22(6-7-25(24)29-27(23)20-8-11-28-26(18-20)33-3)32-16-14-31(15-17-32)21-9-12-30(5-2)13-10-21/h6-8,11,18-19,21,29H,4-5,9-10,12-17H2,1-3H3. The highest BCUT2D eigenvalue weighted by atomic mass is 16.5. The molecule has 4 heterocycles. The van der Waals surface area contributed by atoms with Crippen molar-refractivity contribution in [3.8, 4) is 17.1 Å². The average Bonchev–Trinajstić information content (AvgIpc) is 3.27. The van der Waals surface area contributed by atoms with Crippen molar-refractivity contribution < 1.29 is 4.74 Å². The van der Waals surface area contributed by atoms with Crippen LogP contribution in [0.15, 0.2) is 36.5 Å². The van der Waals surface area contributed by atoms with E-state index in [0.29, 0.717) is 5.88 Å². The Kier molecular flexibility index (Phi) is 6.56. The molecule has 1 N–H and O–H groups in total. The molecular formula is C27H37N5O. The largest absolute Gasteiger partial charge is 0.481 e. The van der Waals surface area contributed by atoms with Gasteiger partial charge >= 0.3 is 0 Å². The number of aromatic nitrogens is 2. The number of aryl methyl sites for hydroxylation is 1. The van der Waals surface area contributed by atoms with E-state index in [4.69, 9.17) is 4.74 Å². The Labute approximate surface area is 197 Å². The first-order valence-electron chi connectivity index (χ1n) is 12.6. The van der Waals surface area contributed by atoms with Crippen molar-refractivity contribution in [3.63, 3.8) is 0 Å². The van der Waals surface area contributed by atoms with Crippen molar-refractivity contribution >= 4 is 16.6 Å². The topological polar surface area (TPSA) is 47.6 Å². The van der Waals surface area contributed by atoms with Crippen molar-refractivity contribution in [2.45, 2.75) is 39.2 Å². The Balaban J connectivity index is 1.33. The highest BCUT2D eigenvalue weighted by molar-refractivity contribution is 5.93. The van der Waals surface area contributed by atoms with E-state index < -0.39 is 0 Å². The van der Waals surface area contributed by atoms with Gasteiger partial charge in [0.05, 0.1) is 7.11 Å². The number of benzene rings is 1. The summed E-state index contributed by atoms with van der Waals surface area (Å²) in [7, 11) is 1.66. The monoisotopic (exact) mass is 447 g/mol. The lowest BCUT2D eigenvalue weighted by molar-refractivity contribution is 0.106. The molecule has 0 radical (unpaired) electrons. The van der Waals surface area contributed by atoms with Crippen molar-refractivity contribution in [1.29, 1.82) is 0 Å². The van der Waals surface area contributed by atoms with Gasteiger partial charge in [-0.15, -0.1) is 0 Å². The second-order valence-corrected chi connectivity index (χ2v) is 9.34. The van der Waals surface area contributed by atoms with E-state index in [1.54, 1.807) is 7.11 Å². The van der Waals surface area contributed by atoms with Crippen LogP contribution >= 0.6 is 0 Å². The predicted molar refractivity (Wildman–Crippen MR) is 136 cm³/mol. The molecule has 0 amide bonds. The van der Waals surface area contributed by atoms with Crippen LogP contribution in [0.3, 0.4) is 0 Å². The van der Waals surface area contributed by atoms with E-state index in [1.165, 1.54) is 73.4 Å². The van der Waals surface area contributed by atoms with Crippen LogP contribution < -0.4 is 9.64 Å². The van der Waals surface area contributed by atoms with Gasteiger partial charge in [-0.3, -0.25) is 4.90 Å². The first kappa shape index (κ1) is 22.2. The number of aromatic amines is 1. The molecule has 2 saturated heterocycles. The summed E-state index contributed by atoms with van der Waals surface area (Å²) < 4.78 is 5.35. The minimum absolute atomic E-state index is 0.645. The second kappa shape index (κ2) is 9.74. The third-order valence-corrected chi connectivity index (χ3v) is 7.68. The van der Waals surface area contributed by atoms with Crippen LogP contribution in [0, 0.1) is 0 Å². The number of pyridine rings is 1. The number of rotatable bonds is 6. The molecule has 0 aliphatic carbocycles. The quantitative estimate of drug-likeness (QED) is 0.607. The summed E-state index contributed by atoms with van der Waals surface area (Å²) in [6.45, 7) is 12.8. The normalized spacial score (nSPS) is 18.8. The van der Waals surface area contributed by atoms with Crippen LogP contribution in [-0.4, -0.2) is 78.7 Å². The molecule has 2 aromatic heterocycles. The van der Waals surface area contributed by atoms with Crippen LogP contribution in [0.5, 0.6) is 5.88 Å². The highest BCUT2D eigenvalue weighted by Crippen LogP contribution is 2.34. The summed E-state index contributed by atoms with van der Waals surface area (Å²) in [5.41, 5.74) is 6.20. The Bertz CT molecular complexity index is 1080. The molecule has 3 aromatic rings. The number of hydrogen-bond donors (Lipinski definition) is 1. The molecular weight excluding hydrogens is 410 g/mol. The molecule has 2 fully saturated rings. The van der Waals surface area contributed by atoms with Gasteiger partial charge in [0.1, 0.15) is 0 Å². The first-order valence-corrected chi connectivity index (χ1v) is 12.6. The number of piperidine rings is 1. The predicted octanol–water partition coefficient (Wildman–Crippen LogP) is 4.41. The van der Waals surface area contributed by atoms with E-state index in [1.807, 2.05) is 12.3 Å². The molecule has 33 heavy (non-hydrogen) atoms. The Morgan fingerprint density at radius 1 is 1.00 bits per heavy atom. The molecule has 0 spiro atoms. The SMILES string of the molecule is CCc1c(-c2ccnc(OC)c2)[nH]c2ccc(N3CCN(C4CCN(CC)CC4)CC3)cc12. The molecule has 0 saturated carbocycles. The fourth-order valence-electron chi connectivity index (χ4n) is 5.67. The zero-order valence-corrected chi connectivity index (χ0v) is 20.3. The molecule has 0 atom stereocenters. The summed E-state index contributed by atoms with van der Waals surface area (Å²) in [6.07, 6.45) is 5.45. The summed E-state index contributed by atoms with van der Waals surface area (Å²) in [4.78, 5) is 15.8. The maximum atomic E-state index is 5.35. The van der Waals surface area contributed by atoms with Gasteiger partial charge in [-0.2, -0.15) is 0 Å². The van der Waals surface area contributed by atoms with Crippen molar-refractivity contribution in [2.24, 2.45) is 0 Å². The lowest BCUT2D eigenvalue weighted by Crippen LogP contribution is -2.53. The summed E-state index contributed by atoms with van der Waals surface area (Å²) in [5, 5.41) is 1.33. The van der Waals surface area contributed by atoms with Crippen molar-refractivity contribution in [2.75, 3.05) is 57.8 Å². The number of anilines is 1. The van der Waals surface area contributed by atoms with Gasteiger partial charge in [0.15, 0.2) is 0 Å². The summed E-state index contributed by atoms with van der Waals surface area (Å²) in [5.74, 6) is 0.645. The van der Waals surface area contributed by atoms with Crippen LogP contribution in [0.4, 0.5) is 5.69 Å². The van der Waals surface area contributed by atoms with E-state index in [0.717, 1.165) is 31.1 Å². The summed E-state index contributed by atoms with van der Waals surface area (Å²) in [6, 6.07) is 11.8. The lowest BCUT2D eigenvalue weighted by Gasteiger charge is -2.43. The molecule has 6 heteroatoms. The Hall–Kier alpha value is -2.57. The van der Waals surface area contributed by atoms with E-state index >= 15 is 0 Å². The number of piperazine rings is 1. The highest BCUT2D eigenvalue weighted by Gasteiger charge is 2.27. The minimum atomic E-state index is 0.645. The molecule has 6 nitrogen and oxygen atoms in total. The fourth-order valence-corrected chi connectivity index (χ4v) is 5.67. The third kappa shape index (κ3) is 4.46. The number of hydrogen-bond acceptors (Lipinski definition) is 5. The molecule has 2 aliphatic rings. The average molecular weight is 448 g/mol. The lowest BCUT2D eigenvalue weighted by atomic mass is 10.0. The van der Waals surface area contributed by atoms with Crippen LogP contribution in [-0.2, 0) is 6.42 Å². The van der Waals surface area contributed by atoms with E-state index in [2.05, 4.69) is 62.8 Å². The van der Waals surface area contributed by atoms with Gasteiger partial charge < -0.3 is 19.5 Å². The number of nitrogens with one attached hydrogen (secondary N) is 1. The molecule has 5 rings (SSSR count). The zero-order valence-electron chi connectivity index (χ0n) is 20.3. The Morgan fingerprint density at radius 3 is 2.48 bits per heavy atom. The number of likely N-dealkylation sites (tertiary alicyclic amines) is 1. The smallest absolute Gasteiger partial charge is 0.213 e. The number of H-pyrrole nitrogens is 1. The van der Waals surface area contributed by atoms with Gasteiger partial charge in [-0.1, -0.05) is 13.8 Å².